The summed E-state index contributed by atoms with van der Waals surface area (Å²) in [6.45, 7) is 2.70. The van der Waals surface area contributed by atoms with Gasteiger partial charge in [-0.05, 0) is 43.0 Å². The standard InChI is InChI=1S/C14H21NO2/c1-10(15)14(6-7-14)13-5-4-12(17-3)8-11(13)9-16-2/h4-5,8,10H,6-7,9,15H2,1-3H3. The van der Waals surface area contributed by atoms with Gasteiger partial charge in [-0.2, -0.15) is 0 Å². The maximum absolute atomic E-state index is 6.13. The molecular weight excluding hydrogens is 214 g/mol. The number of methoxy groups -OCH3 is 2. The predicted molar refractivity (Wildman–Crippen MR) is 68.3 cm³/mol. The highest BCUT2D eigenvalue weighted by atomic mass is 16.5. The molecule has 1 aliphatic rings. The Kier molecular flexibility index (Phi) is 3.40. The highest BCUT2D eigenvalue weighted by Crippen LogP contribution is 2.51. The summed E-state index contributed by atoms with van der Waals surface area (Å²) in [4.78, 5) is 0. The van der Waals surface area contributed by atoms with Crippen molar-refractivity contribution >= 4 is 0 Å². The Balaban J connectivity index is 2.39. The van der Waals surface area contributed by atoms with Crippen molar-refractivity contribution in [2.24, 2.45) is 5.73 Å². The molecular formula is C14H21NO2. The summed E-state index contributed by atoms with van der Waals surface area (Å²) in [6, 6.07) is 6.40. The van der Waals surface area contributed by atoms with E-state index < -0.39 is 0 Å². The van der Waals surface area contributed by atoms with Crippen LogP contribution in [0.15, 0.2) is 18.2 Å². The second-order valence-electron chi connectivity index (χ2n) is 4.90. The van der Waals surface area contributed by atoms with E-state index in [1.54, 1.807) is 14.2 Å². The van der Waals surface area contributed by atoms with E-state index in [2.05, 4.69) is 19.1 Å². The summed E-state index contributed by atoms with van der Waals surface area (Å²) >= 11 is 0. The Bertz CT molecular complexity index is 397. The first-order valence-electron chi connectivity index (χ1n) is 6.06. The van der Waals surface area contributed by atoms with Crippen molar-refractivity contribution in [1.29, 1.82) is 0 Å². The Morgan fingerprint density at radius 3 is 2.53 bits per heavy atom. The minimum Gasteiger partial charge on any atom is -0.497 e. The zero-order chi connectivity index (χ0) is 12.5. The number of hydrogen-bond acceptors (Lipinski definition) is 3. The van der Waals surface area contributed by atoms with Gasteiger partial charge in [0.25, 0.3) is 0 Å². The molecule has 17 heavy (non-hydrogen) atoms. The monoisotopic (exact) mass is 235 g/mol. The Labute approximate surface area is 103 Å². The normalized spacial score (nSPS) is 18.8. The van der Waals surface area contributed by atoms with E-state index in [-0.39, 0.29) is 11.5 Å². The van der Waals surface area contributed by atoms with Crippen LogP contribution in [0, 0.1) is 0 Å². The largest absolute Gasteiger partial charge is 0.497 e. The van der Waals surface area contributed by atoms with Crippen molar-refractivity contribution in [3.8, 4) is 5.75 Å². The lowest BCUT2D eigenvalue weighted by atomic mass is 9.86. The summed E-state index contributed by atoms with van der Waals surface area (Å²) in [5, 5.41) is 0. The lowest BCUT2D eigenvalue weighted by Crippen LogP contribution is -2.32. The first kappa shape index (κ1) is 12.4. The average molecular weight is 235 g/mol. The maximum atomic E-state index is 6.13. The van der Waals surface area contributed by atoms with Crippen LogP contribution in [-0.4, -0.2) is 20.3 Å². The summed E-state index contributed by atoms with van der Waals surface area (Å²) in [5.41, 5.74) is 8.82. The van der Waals surface area contributed by atoms with Gasteiger partial charge >= 0.3 is 0 Å². The quantitative estimate of drug-likeness (QED) is 0.851. The molecule has 0 amide bonds. The topological polar surface area (TPSA) is 44.5 Å². The van der Waals surface area contributed by atoms with E-state index in [1.807, 2.05) is 6.07 Å². The van der Waals surface area contributed by atoms with Crippen LogP contribution in [0.25, 0.3) is 0 Å². The van der Waals surface area contributed by atoms with Gasteiger partial charge in [0.15, 0.2) is 0 Å². The van der Waals surface area contributed by atoms with Crippen LogP contribution < -0.4 is 10.5 Å². The molecule has 0 aliphatic heterocycles. The number of hydrogen-bond donors (Lipinski definition) is 1. The molecule has 1 atom stereocenters. The highest BCUT2D eigenvalue weighted by molar-refractivity contribution is 5.44. The summed E-state index contributed by atoms with van der Waals surface area (Å²) < 4.78 is 10.5. The van der Waals surface area contributed by atoms with Crippen molar-refractivity contribution in [1.82, 2.24) is 0 Å². The average Bonchev–Trinajstić information content (AvgIpc) is 3.10. The van der Waals surface area contributed by atoms with Gasteiger partial charge in [0.05, 0.1) is 13.7 Å². The first-order valence-corrected chi connectivity index (χ1v) is 6.06. The molecule has 1 aromatic carbocycles. The second-order valence-corrected chi connectivity index (χ2v) is 4.90. The van der Waals surface area contributed by atoms with E-state index in [1.165, 1.54) is 24.0 Å². The Morgan fingerprint density at radius 1 is 1.35 bits per heavy atom. The molecule has 1 fully saturated rings. The van der Waals surface area contributed by atoms with Gasteiger partial charge in [-0.15, -0.1) is 0 Å². The third-order valence-corrected chi connectivity index (χ3v) is 3.81. The zero-order valence-corrected chi connectivity index (χ0v) is 10.8. The fraction of sp³-hybridized carbons (Fsp3) is 0.571. The van der Waals surface area contributed by atoms with Crippen molar-refractivity contribution in [2.45, 2.75) is 37.8 Å². The van der Waals surface area contributed by atoms with Crippen LogP contribution in [0.1, 0.15) is 30.9 Å². The van der Waals surface area contributed by atoms with Gasteiger partial charge in [0.2, 0.25) is 0 Å². The zero-order valence-electron chi connectivity index (χ0n) is 10.8. The van der Waals surface area contributed by atoms with Crippen LogP contribution in [0.4, 0.5) is 0 Å². The number of benzene rings is 1. The molecule has 0 bridgehead atoms. The first-order chi connectivity index (χ1) is 8.14. The van der Waals surface area contributed by atoms with Crippen LogP contribution >= 0.6 is 0 Å². The van der Waals surface area contributed by atoms with Crippen LogP contribution in [0.5, 0.6) is 5.75 Å². The predicted octanol–water partition coefficient (Wildman–Crippen LogP) is 2.22. The molecule has 3 nitrogen and oxygen atoms in total. The molecule has 1 unspecified atom stereocenters. The molecule has 3 heteroatoms. The van der Waals surface area contributed by atoms with E-state index >= 15 is 0 Å². The third-order valence-electron chi connectivity index (χ3n) is 3.81. The van der Waals surface area contributed by atoms with Gasteiger partial charge < -0.3 is 15.2 Å². The molecule has 0 saturated heterocycles. The fourth-order valence-corrected chi connectivity index (χ4v) is 2.56. The number of ether oxygens (including phenoxy) is 2. The maximum Gasteiger partial charge on any atom is 0.119 e. The molecule has 94 valence electrons. The van der Waals surface area contributed by atoms with Crippen molar-refractivity contribution < 1.29 is 9.47 Å². The molecule has 0 aromatic heterocycles. The van der Waals surface area contributed by atoms with Crippen LogP contribution in [0.2, 0.25) is 0 Å². The van der Waals surface area contributed by atoms with E-state index in [0.29, 0.717) is 6.61 Å². The smallest absolute Gasteiger partial charge is 0.119 e. The SMILES string of the molecule is COCc1cc(OC)ccc1C1(C(C)N)CC1. The van der Waals surface area contributed by atoms with Crippen LogP contribution in [-0.2, 0) is 16.8 Å². The Hall–Kier alpha value is -1.06. The van der Waals surface area contributed by atoms with Crippen molar-refractivity contribution in [3.63, 3.8) is 0 Å². The summed E-state index contributed by atoms with van der Waals surface area (Å²) in [6.07, 6.45) is 2.35. The number of nitrogens with two attached hydrogens (primary N) is 1. The minimum absolute atomic E-state index is 0.167. The van der Waals surface area contributed by atoms with E-state index in [4.69, 9.17) is 15.2 Å². The highest BCUT2D eigenvalue weighted by Gasteiger charge is 2.48. The molecule has 1 saturated carbocycles. The Morgan fingerprint density at radius 2 is 2.06 bits per heavy atom. The lowest BCUT2D eigenvalue weighted by molar-refractivity contribution is 0.183. The fourth-order valence-electron chi connectivity index (χ4n) is 2.56. The molecule has 1 aromatic rings. The van der Waals surface area contributed by atoms with Crippen molar-refractivity contribution in [3.05, 3.63) is 29.3 Å². The van der Waals surface area contributed by atoms with Gasteiger partial charge in [-0.1, -0.05) is 6.07 Å². The molecule has 0 spiro atoms. The second kappa shape index (κ2) is 4.67. The molecule has 0 heterocycles. The molecule has 2 N–H and O–H groups in total. The van der Waals surface area contributed by atoms with Crippen LogP contribution in [0.3, 0.4) is 0 Å². The third kappa shape index (κ3) is 2.17. The van der Waals surface area contributed by atoms with Gasteiger partial charge in [-0.25, -0.2) is 0 Å². The number of rotatable bonds is 5. The van der Waals surface area contributed by atoms with E-state index in [9.17, 15) is 0 Å². The molecule has 0 radical (unpaired) electrons. The van der Waals surface area contributed by atoms with E-state index in [0.717, 1.165) is 5.75 Å². The van der Waals surface area contributed by atoms with Gasteiger partial charge in [0.1, 0.15) is 5.75 Å². The lowest BCUT2D eigenvalue weighted by Gasteiger charge is -2.23. The minimum atomic E-state index is 0.167. The summed E-state index contributed by atoms with van der Waals surface area (Å²) in [5.74, 6) is 0.876. The van der Waals surface area contributed by atoms with Gasteiger partial charge in [-0.3, -0.25) is 0 Å². The van der Waals surface area contributed by atoms with Gasteiger partial charge in [0, 0.05) is 18.6 Å². The molecule has 1 aliphatic carbocycles. The van der Waals surface area contributed by atoms with Crippen molar-refractivity contribution in [2.75, 3.05) is 14.2 Å². The molecule has 2 rings (SSSR count). The summed E-state index contributed by atoms with van der Waals surface area (Å²) in [7, 11) is 3.40.